The Bertz CT molecular complexity index is 911. The van der Waals surface area contributed by atoms with Crippen LogP contribution in [0, 0.1) is 0 Å². The van der Waals surface area contributed by atoms with Gasteiger partial charge in [-0.2, -0.15) is 0 Å². The number of likely N-dealkylation sites (N-methyl/N-ethyl adjacent to an activating group) is 1. The second kappa shape index (κ2) is 8.47. The maximum Gasteiger partial charge on any atom is 0.265 e. The molecule has 160 valence electrons. The van der Waals surface area contributed by atoms with E-state index in [9.17, 15) is 13.6 Å². The molecule has 5 nitrogen and oxygen atoms in total. The minimum absolute atomic E-state index is 0.122. The lowest BCUT2D eigenvalue weighted by molar-refractivity contribution is -0.0119. The minimum atomic E-state index is -2.80. The van der Waals surface area contributed by atoms with Gasteiger partial charge in [0.1, 0.15) is 11.0 Å². The molecular weight excluding hydrogens is 410 g/mol. The topological polar surface area (TPSA) is 39.7 Å². The van der Waals surface area contributed by atoms with Crippen molar-refractivity contribution in [3.63, 3.8) is 0 Å². The van der Waals surface area contributed by atoms with Gasteiger partial charge in [0.2, 0.25) is 0 Å². The van der Waals surface area contributed by atoms with Gasteiger partial charge in [-0.3, -0.25) is 4.79 Å². The Labute approximate surface area is 180 Å². The number of hydrogen-bond donors (Lipinski definition) is 0. The smallest absolute Gasteiger partial charge is 0.265 e. The molecule has 2 aliphatic heterocycles. The zero-order valence-electron chi connectivity index (χ0n) is 16.9. The van der Waals surface area contributed by atoms with E-state index in [0.717, 1.165) is 12.1 Å². The molecule has 2 aliphatic rings. The molecule has 0 N–H and O–H groups in total. The number of alkyl halides is 2. The third-order valence-electron chi connectivity index (χ3n) is 5.79. The molecule has 30 heavy (non-hydrogen) atoms. The molecular formula is C22H25ClF2N4O. The Hall–Kier alpha value is -2.25. The van der Waals surface area contributed by atoms with Gasteiger partial charge in [0.25, 0.3) is 11.8 Å². The minimum Gasteiger partial charge on any atom is -0.350 e. The number of pyridine rings is 1. The van der Waals surface area contributed by atoms with Crippen molar-refractivity contribution in [2.75, 3.05) is 44.7 Å². The van der Waals surface area contributed by atoms with E-state index >= 15 is 0 Å². The zero-order valence-corrected chi connectivity index (χ0v) is 17.7. The fourth-order valence-electron chi connectivity index (χ4n) is 4.26. The van der Waals surface area contributed by atoms with Crippen molar-refractivity contribution in [1.29, 1.82) is 0 Å². The van der Waals surface area contributed by atoms with Crippen LogP contribution in [-0.2, 0) is 0 Å². The number of benzene rings is 1. The largest absolute Gasteiger partial charge is 0.350 e. The van der Waals surface area contributed by atoms with E-state index in [4.69, 9.17) is 11.6 Å². The molecule has 0 aliphatic carbocycles. The van der Waals surface area contributed by atoms with Crippen LogP contribution < -0.4 is 4.90 Å². The van der Waals surface area contributed by atoms with Crippen LogP contribution in [-0.4, -0.2) is 66.4 Å². The van der Waals surface area contributed by atoms with Gasteiger partial charge >= 0.3 is 0 Å². The number of piperidine rings is 1. The number of piperazine rings is 1. The molecule has 1 amide bonds. The fraction of sp³-hybridized carbons (Fsp3) is 0.455. The molecule has 0 bridgehead atoms. The number of amides is 1. The SMILES string of the molecule is CN1CCN(C(=O)c2ccc(Cl)nc2N2CCCC(F)(F)C2)C(c2ccccc2)C1. The number of carbonyl (C=O) groups excluding carboxylic acids is 1. The van der Waals surface area contributed by atoms with Crippen LogP contribution in [0.15, 0.2) is 42.5 Å². The standard InChI is InChI=1S/C22H25ClF2N4O/c1-27-12-13-29(18(14-27)16-6-3-2-4-7-16)21(30)17-8-9-19(23)26-20(17)28-11-5-10-22(24,25)15-28/h2-4,6-9,18H,5,10-15H2,1H3. The van der Waals surface area contributed by atoms with Gasteiger partial charge in [0.05, 0.1) is 18.2 Å². The van der Waals surface area contributed by atoms with Crippen LogP contribution in [0.5, 0.6) is 0 Å². The fourth-order valence-corrected chi connectivity index (χ4v) is 4.40. The van der Waals surface area contributed by atoms with Crippen molar-refractivity contribution in [3.05, 3.63) is 58.7 Å². The van der Waals surface area contributed by atoms with Crippen molar-refractivity contribution in [2.45, 2.75) is 24.8 Å². The predicted molar refractivity (Wildman–Crippen MR) is 113 cm³/mol. The van der Waals surface area contributed by atoms with E-state index in [1.54, 1.807) is 12.1 Å². The normalized spacial score (nSPS) is 22.2. The van der Waals surface area contributed by atoms with Crippen molar-refractivity contribution in [1.82, 2.24) is 14.8 Å². The molecule has 8 heteroatoms. The van der Waals surface area contributed by atoms with E-state index in [0.29, 0.717) is 31.6 Å². The summed E-state index contributed by atoms with van der Waals surface area (Å²) in [5.41, 5.74) is 1.37. The Morgan fingerprint density at radius 1 is 1.13 bits per heavy atom. The van der Waals surface area contributed by atoms with Crippen LogP contribution >= 0.6 is 11.6 Å². The Kier molecular flexibility index (Phi) is 5.93. The number of hydrogen-bond acceptors (Lipinski definition) is 4. The summed E-state index contributed by atoms with van der Waals surface area (Å²) < 4.78 is 28.1. The summed E-state index contributed by atoms with van der Waals surface area (Å²) in [6.07, 6.45) is 0.192. The van der Waals surface area contributed by atoms with E-state index in [1.807, 2.05) is 42.3 Å². The quantitative estimate of drug-likeness (QED) is 0.682. The molecule has 2 fully saturated rings. The maximum atomic E-state index is 14.1. The summed E-state index contributed by atoms with van der Waals surface area (Å²) >= 11 is 6.08. The van der Waals surface area contributed by atoms with Crippen molar-refractivity contribution in [2.24, 2.45) is 0 Å². The number of rotatable bonds is 3. The molecule has 1 aromatic carbocycles. The molecule has 0 saturated carbocycles. The van der Waals surface area contributed by atoms with Gasteiger partial charge in [0, 0.05) is 32.6 Å². The molecule has 3 heterocycles. The highest BCUT2D eigenvalue weighted by atomic mass is 35.5. The van der Waals surface area contributed by atoms with Gasteiger partial charge < -0.3 is 14.7 Å². The summed E-state index contributed by atoms with van der Waals surface area (Å²) in [5, 5.41) is 0.188. The molecule has 1 atom stereocenters. The number of aromatic nitrogens is 1. The molecule has 2 aromatic rings. The van der Waals surface area contributed by atoms with Crippen LogP contribution in [0.2, 0.25) is 5.15 Å². The molecule has 0 radical (unpaired) electrons. The lowest BCUT2D eigenvalue weighted by Gasteiger charge is -2.41. The molecule has 2 saturated heterocycles. The lowest BCUT2D eigenvalue weighted by atomic mass is 10.0. The summed E-state index contributed by atoms with van der Waals surface area (Å²) in [4.78, 5) is 23.4. The summed E-state index contributed by atoms with van der Waals surface area (Å²) in [6, 6.07) is 12.9. The first-order chi connectivity index (χ1) is 14.3. The molecule has 4 rings (SSSR count). The van der Waals surface area contributed by atoms with Crippen molar-refractivity contribution >= 4 is 23.3 Å². The first kappa shape index (κ1) is 21.0. The van der Waals surface area contributed by atoms with Gasteiger partial charge in [-0.1, -0.05) is 41.9 Å². The Morgan fingerprint density at radius 2 is 1.90 bits per heavy atom. The van der Waals surface area contributed by atoms with E-state index in [2.05, 4.69) is 9.88 Å². The monoisotopic (exact) mass is 434 g/mol. The predicted octanol–water partition coefficient (Wildman–Crippen LogP) is 4.10. The number of anilines is 1. The average Bonchev–Trinajstić information content (AvgIpc) is 2.73. The third-order valence-corrected chi connectivity index (χ3v) is 6.00. The Balaban J connectivity index is 1.68. The van der Waals surface area contributed by atoms with Gasteiger partial charge in [-0.25, -0.2) is 13.8 Å². The van der Waals surface area contributed by atoms with Gasteiger partial charge in [-0.05, 0) is 31.2 Å². The van der Waals surface area contributed by atoms with E-state index in [1.165, 1.54) is 4.90 Å². The van der Waals surface area contributed by atoms with Crippen molar-refractivity contribution in [3.8, 4) is 0 Å². The van der Waals surface area contributed by atoms with E-state index in [-0.39, 0.29) is 29.3 Å². The highest BCUT2D eigenvalue weighted by Crippen LogP contribution is 2.34. The molecule has 1 unspecified atom stereocenters. The number of carbonyl (C=O) groups is 1. The lowest BCUT2D eigenvalue weighted by Crippen LogP contribution is -2.50. The van der Waals surface area contributed by atoms with E-state index < -0.39 is 12.5 Å². The molecule has 1 aromatic heterocycles. The zero-order chi connectivity index (χ0) is 21.3. The first-order valence-electron chi connectivity index (χ1n) is 10.2. The van der Waals surface area contributed by atoms with Crippen LogP contribution in [0.4, 0.5) is 14.6 Å². The second-order valence-corrected chi connectivity index (χ2v) is 8.46. The first-order valence-corrected chi connectivity index (χ1v) is 10.6. The summed E-state index contributed by atoms with van der Waals surface area (Å²) in [6.45, 7) is 1.97. The second-order valence-electron chi connectivity index (χ2n) is 8.07. The van der Waals surface area contributed by atoms with Gasteiger partial charge in [-0.15, -0.1) is 0 Å². The van der Waals surface area contributed by atoms with Crippen LogP contribution in [0.25, 0.3) is 0 Å². The summed E-state index contributed by atoms with van der Waals surface area (Å²) in [5.74, 6) is -2.76. The third kappa shape index (κ3) is 4.42. The van der Waals surface area contributed by atoms with Crippen LogP contribution in [0.3, 0.4) is 0 Å². The summed E-state index contributed by atoms with van der Waals surface area (Å²) in [7, 11) is 2.03. The molecule has 0 spiro atoms. The average molecular weight is 435 g/mol. The van der Waals surface area contributed by atoms with Crippen LogP contribution in [0.1, 0.15) is 34.8 Å². The van der Waals surface area contributed by atoms with Crippen molar-refractivity contribution < 1.29 is 13.6 Å². The van der Waals surface area contributed by atoms with Gasteiger partial charge in [0.15, 0.2) is 0 Å². The maximum absolute atomic E-state index is 14.1. The highest BCUT2D eigenvalue weighted by Gasteiger charge is 2.38. The number of halogens is 3. The Morgan fingerprint density at radius 3 is 2.63 bits per heavy atom. The number of nitrogens with zero attached hydrogens (tertiary/aromatic N) is 4. The highest BCUT2D eigenvalue weighted by molar-refractivity contribution is 6.29.